The number of hydrogen-bond acceptors (Lipinski definition) is 3. The average molecular weight is 198 g/mol. The molecule has 74 valence electrons. The summed E-state index contributed by atoms with van der Waals surface area (Å²) in [6.07, 6.45) is 8.27. The highest BCUT2D eigenvalue weighted by Crippen LogP contribution is 2.39. The second-order valence-corrected chi connectivity index (χ2v) is 4.95. The van der Waals surface area contributed by atoms with Crippen LogP contribution in [0.5, 0.6) is 0 Å². The SMILES string of the molecule is CSC1(CNCCC#N)CCCC1. The van der Waals surface area contributed by atoms with Crippen LogP contribution in [0.3, 0.4) is 0 Å². The van der Waals surface area contributed by atoms with Gasteiger partial charge in [0.1, 0.15) is 0 Å². The summed E-state index contributed by atoms with van der Waals surface area (Å²) in [5.41, 5.74) is 0. The Morgan fingerprint density at radius 1 is 1.46 bits per heavy atom. The zero-order chi connectivity index (χ0) is 9.57. The van der Waals surface area contributed by atoms with E-state index in [1.165, 1.54) is 25.7 Å². The molecule has 0 amide bonds. The standard InChI is InChI=1S/C10H18N2S/c1-13-10(5-2-3-6-10)9-12-8-4-7-11/h12H,2-6,8-9H2,1H3. The van der Waals surface area contributed by atoms with Gasteiger partial charge in [0.25, 0.3) is 0 Å². The largest absolute Gasteiger partial charge is 0.314 e. The Hall–Kier alpha value is -0.200. The van der Waals surface area contributed by atoms with Crippen molar-refractivity contribution in [3.8, 4) is 6.07 Å². The lowest BCUT2D eigenvalue weighted by molar-refractivity contribution is 0.538. The van der Waals surface area contributed by atoms with E-state index >= 15 is 0 Å². The van der Waals surface area contributed by atoms with E-state index in [-0.39, 0.29) is 0 Å². The fraction of sp³-hybridized carbons (Fsp3) is 0.900. The van der Waals surface area contributed by atoms with Gasteiger partial charge in [-0.2, -0.15) is 17.0 Å². The van der Waals surface area contributed by atoms with Crippen molar-refractivity contribution in [3.63, 3.8) is 0 Å². The van der Waals surface area contributed by atoms with Gasteiger partial charge in [-0.15, -0.1) is 0 Å². The van der Waals surface area contributed by atoms with Gasteiger partial charge in [0.2, 0.25) is 0 Å². The van der Waals surface area contributed by atoms with Gasteiger partial charge in [0.05, 0.1) is 6.07 Å². The van der Waals surface area contributed by atoms with Gasteiger partial charge >= 0.3 is 0 Å². The molecule has 3 heteroatoms. The number of nitrogens with one attached hydrogen (secondary N) is 1. The number of hydrogen-bond donors (Lipinski definition) is 1. The predicted molar refractivity (Wildman–Crippen MR) is 57.8 cm³/mol. The first-order valence-corrected chi connectivity index (χ1v) is 6.18. The average Bonchev–Trinajstić information content (AvgIpc) is 2.62. The molecule has 0 aromatic heterocycles. The van der Waals surface area contributed by atoms with Gasteiger partial charge in [-0.05, 0) is 19.1 Å². The monoisotopic (exact) mass is 198 g/mol. The maximum absolute atomic E-state index is 8.38. The third kappa shape index (κ3) is 3.21. The van der Waals surface area contributed by atoms with Gasteiger partial charge in [0, 0.05) is 24.3 Å². The summed E-state index contributed by atoms with van der Waals surface area (Å²) in [6.45, 7) is 1.93. The molecule has 0 bridgehead atoms. The minimum absolute atomic E-state index is 0.482. The summed E-state index contributed by atoms with van der Waals surface area (Å²) in [5.74, 6) is 0. The minimum atomic E-state index is 0.482. The van der Waals surface area contributed by atoms with Crippen molar-refractivity contribution < 1.29 is 0 Å². The molecule has 0 aromatic rings. The summed E-state index contributed by atoms with van der Waals surface area (Å²) in [5, 5.41) is 11.8. The third-order valence-electron chi connectivity index (χ3n) is 2.81. The van der Waals surface area contributed by atoms with E-state index in [1.807, 2.05) is 11.8 Å². The van der Waals surface area contributed by atoms with Crippen molar-refractivity contribution in [2.45, 2.75) is 36.9 Å². The Bertz CT molecular complexity index is 180. The molecule has 0 heterocycles. The van der Waals surface area contributed by atoms with Gasteiger partial charge < -0.3 is 5.32 Å². The molecular formula is C10H18N2S. The molecule has 1 aliphatic rings. The first-order chi connectivity index (χ1) is 6.33. The van der Waals surface area contributed by atoms with Crippen molar-refractivity contribution in [3.05, 3.63) is 0 Å². The number of rotatable bonds is 5. The summed E-state index contributed by atoms with van der Waals surface area (Å²) in [6, 6.07) is 2.15. The van der Waals surface area contributed by atoms with Gasteiger partial charge in [-0.1, -0.05) is 12.8 Å². The van der Waals surface area contributed by atoms with E-state index in [9.17, 15) is 0 Å². The van der Waals surface area contributed by atoms with Crippen LogP contribution in [-0.4, -0.2) is 24.1 Å². The van der Waals surface area contributed by atoms with Crippen molar-refractivity contribution >= 4 is 11.8 Å². The normalized spacial score (nSPS) is 20.0. The van der Waals surface area contributed by atoms with Crippen LogP contribution >= 0.6 is 11.8 Å². The first-order valence-electron chi connectivity index (χ1n) is 4.96. The molecule has 1 rings (SSSR count). The zero-order valence-corrected chi connectivity index (χ0v) is 9.12. The highest BCUT2D eigenvalue weighted by atomic mass is 32.2. The summed E-state index contributed by atoms with van der Waals surface area (Å²) in [7, 11) is 0. The Morgan fingerprint density at radius 3 is 2.69 bits per heavy atom. The summed E-state index contributed by atoms with van der Waals surface area (Å²) in [4.78, 5) is 0. The van der Waals surface area contributed by atoms with E-state index in [0.29, 0.717) is 11.2 Å². The number of nitrogens with zero attached hydrogens (tertiary/aromatic N) is 1. The quantitative estimate of drug-likeness (QED) is 0.688. The van der Waals surface area contributed by atoms with E-state index in [0.717, 1.165) is 13.1 Å². The number of nitriles is 1. The van der Waals surface area contributed by atoms with Crippen LogP contribution in [0.1, 0.15) is 32.1 Å². The molecule has 2 nitrogen and oxygen atoms in total. The fourth-order valence-corrected chi connectivity index (χ4v) is 2.88. The molecular weight excluding hydrogens is 180 g/mol. The molecule has 0 aliphatic heterocycles. The first kappa shape index (κ1) is 10.9. The second-order valence-electron chi connectivity index (χ2n) is 3.68. The lowest BCUT2D eigenvalue weighted by Crippen LogP contribution is -2.35. The molecule has 0 aromatic carbocycles. The van der Waals surface area contributed by atoms with E-state index in [2.05, 4.69) is 17.6 Å². The van der Waals surface area contributed by atoms with E-state index < -0.39 is 0 Å². The van der Waals surface area contributed by atoms with Crippen LogP contribution in [0, 0.1) is 11.3 Å². The molecule has 0 radical (unpaired) electrons. The highest BCUT2D eigenvalue weighted by Gasteiger charge is 2.32. The fourth-order valence-electron chi connectivity index (χ4n) is 1.93. The third-order valence-corrected chi connectivity index (χ3v) is 4.23. The Kier molecular flexibility index (Phi) is 4.61. The predicted octanol–water partition coefficient (Wildman–Crippen LogP) is 2.17. The molecule has 0 spiro atoms. The van der Waals surface area contributed by atoms with Gasteiger partial charge in [-0.25, -0.2) is 0 Å². The van der Waals surface area contributed by atoms with Gasteiger partial charge in [-0.3, -0.25) is 0 Å². The Morgan fingerprint density at radius 2 is 2.15 bits per heavy atom. The van der Waals surface area contributed by atoms with Crippen molar-refractivity contribution in [2.75, 3.05) is 19.3 Å². The van der Waals surface area contributed by atoms with Crippen molar-refractivity contribution in [1.29, 1.82) is 5.26 Å². The zero-order valence-electron chi connectivity index (χ0n) is 8.31. The minimum Gasteiger partial charge on any atom is -0.314 e. The molecule has 1 fully saturated rings. The second kappa shape index (κ2) is 5.51. The molecule has 0 unspecified atom stereocenters. The lowest BCUT2D eigenvalue weighted by atomic mass is 10.1. The smallest absolute Gasteiger partial charge is 0.0635 e. The molecule has 13 heavy (non-hydrogen) atoms. The topological polar surface area (TPSA) is 35.8 Å². The molecule has 1 N–H and O–H groups in total. The van der Waals surface area contributed by atoms with Crippen LogP contribution in [-0.2, 0) is 0 Å². The maximum atomic E-state index is 8.38. The molecule has 1 saturated carbocycles. The van der Waals surface area contributed by atoms with E-state index in [1.54, 1.807) is 0 Å². The van der Waals surface area contributed by atoms with Gasteiger partial charge in [0.15, 0.2) is 0 Å². The Labute approximate surface area is 85.1 Å². The van der Waals surface area contributed by atoms with E-state index in [4.69, 9.17) is 5.26 Å². The Balaban J connectivity index is 2.20. The van der Waals surface area contributed by atoms with Crippen molar-refractivity contribution in [2.24, 2.45) is 0 Å². The number of thioether (sulfide) groups is 1. The lowest BCUT2D eigenvalue weighted by Gasteiger charge is -2.26. The summed E-state index contributed by atoms with van der Waals surface area (Å²) >= 11 is 1.99. The van der Waals surface area contributed by atoms with Crippen molar-refractivity contribution in [1.82, 2.24) is 5.32 Å². The molecule has 0 saturated heterocycles. The maximum Gasteiger partial charge on any atom is 0.0635 e. The molecule has 0 atom stereocenters. The van der Waals surface area contributed by atoms with Crippen LogP contribution in [0.25, 0.3) is 0 Å². The highest BCUT2D eigenvalue weighted by molar-refractivity contribution is 8.00. The van der Waals surface area contributed by atoms with Crippen LogP contribution in [0.2, 0.25) is 0 Å². The summed E-state index contributed by atoms with van der Waals surface area (Å²) < 4.78 is 0.482. The van der Waals surface area contributed by atoms with Crippen LogP contribution < -0.4 is 5.32 Å². The van der Waals surface area contributed by atoms with Crippen LogP contribution in [0.15, 0.2) is 0 Å². The van der Waals surface area contributed by atoms with Crippen LogP contribution in [0.4, 0.5) is 0 Å². The molecule has 1 aliphatic carbocycles.